The average Bonchev–Trinajstić information content (AvgIpc) is 3.56. The highest BCUT2D eigenvalue weighted by Crippen LogP contribution is 2.52. The minimum absolute atomic E-state index is 0.176. The predicted molar refractivity (Wildman–Crippen MR) is 177 cm³/mol. The Morgan fingerprint density at radius 1 is 1.07 bits per heavy atom. The van der Waals surface area contributed by atoms with Crippen molar-refractivity contribution in [1.29, 1.82) is 0 Å². The van der Waals surface area contributed by atoms with Gasteiger partial charge in [0.05, 0.1) is 29.6 Å². The number of aromatic nitrogens is 3. The van der Waals surface area contributed by atoms with E-state index in [9.17, 15) is 9.59 Å². The summed E-state index contributed by atoms with van der Waals surface area (Å²) in [6.45, 7) is 10.1. The van der Waals surface area contributed by atoms with Gasteiger partial charge in [-0.05, 0) is 89.6 Å². The highest BCUT2D eigenvalue weighted by molar-refractivity contribution is 6.34. The van der Waals surface area contributed by atoms with Gasteiger partial charge < -0.3 is 24.0 Å². The van der Waals surface area contributed by atoms with E-state index < -0.39 is 5.41 Å². The number of benzene rings is 1. The summed E-state index contributed by atoms with van der Waals surface area (Å²) in [5.74, 6) is 0.188. The van der Waals surface area contributed by atoms with Gasteiger partial charge >= 0.3 is 6.09 Å². The van der Waals surface area contributed by atoms with E-state index in [1.807, 2.05) is 17.0 Å². The summed E-state index contributed by atoms with van der Waals surface area (Å²) in [7, 11) is 0. The summed E-state index contributed by atoms with van der Waals surface area (Å²) in [5, 5.41) is 0.431. The average molecular weight is 633 g/mol. The fourth-order valence-electron chi connectivity index (χ4n) is 7.97. The molecule has 1 saturated carbocycles. The molecule has 0 atom stereocenters. The number of unbranched alkanes of at least 4 members (excludes halogenated alkanes) is 1. The van der Waals surface area contributed by atoms with Gasteiger partial charge in [-0.15, -0.1) is 0 Å². The fraction of sp³-hybridized carbons (Fsp3) is 0.600. The highest BCUT2D eigenvalue weighted by Gasteiger charge is 2.56. The number of carbonyl (C=O) groups is 2. The maximum absolute atomic E-state index is 14.6. The van der Waals surface area contributed by atoms with E-state index in [0.29, 0.717) is 43.7 Å². The first-order valence-corrected chi connectivity index (χ1v) is 17.4. The van der Waals surface area contributed by atoms with Crippen LogP contribution in [0.1, 0.15) is 90.2 Å². The molecule has 2 saturated heterocycles. The zero-order valence-electron chi connectivity index (χ0n) is 26.8. The van der Waals surface area contributed by atoms with Gasteiger partial charge in [-0.25, -0.2) is 14.8 Å². The van der Waals surface area contributed by atoms with E-state index in [1.54, 1.807) is 4.90 Å². The zero-order valence-corrected chi connectivity index (χ0v) is 27.6. The third kappa shape index (κ3) is 5.29. The number of likely N-dealkylation sites (tertiary alicyclic amines) is 2. The SMILES string of the molecule is CCCCOC(=O)N1CCC2(CC1)C(=O)N(C1CC(N3CCCCC3)C1)c1cc(-c3cc4ncn(C(C)C)c4c(Cl)n3)ccc12. The maximum atomic E-state index is 14.6. The number of piperidine rings is 2. The number of anilines is 1. The molecule has 10 heteroatoms. The second kappa shape index (κ2) is 12.2. The first kappa shape index (κ1) is 30.5. The quantitative estimate of drug-likeness (QED) is 0.207. The Morgan fingerprint density at radius 3 is 2.53 bits per heavy atom. The monoisotopic (exact) mass is 632 g/mol. The molecule has 0 radical (unpaired) electrons. The van der Waals surface area contributed by atoms with Crippen molar-refractivity contribution in [3.05, 3.63) is 41.3 Å². The molecule has 2 aromatic heterocycles. The van der Waals surface area contributed by atoms with Crippen molar-refractivity contribution in [3.63, 3.8) is 0 Å². The molecule has 4 aliphatic rings. The topological polar surface area (TPSA) is 83.8 Å². The smallest absolute Gasteiger partial charge is 0.409 e. The van der Waals surface area contributed by atoms with Crippen LogP contribution in [-0.4, -0.2) is 81.2 Å². The number of amides is 2. The van der Waals surface area contributed by atoms with Crippen molar-refractivity contribution in [2.24, 2.45) is 0 Å². The van der Waals surface area contributed by atoms with Gasteiger partial charge in [0, 0.05) is 42.5 Å². The molecule has 0 bridgehead atoms. The third-order valence-corrected chi connectivity index (χ3v) is 11.0. The van der Waals surface area contributed by atoms with Gasteiger partial charge in [0.1, 0.15) is 5.52 Å². The Hall–Kier alpha value is -3.17. The van der Waals surface area contributed by atoms with Crippen LogP contribution in [0, 0.1) is 0 Å². The predicted octanol–water partition coefficient (Wildman–Crippen LogP) is 6.97. The molecule has 0 unspecified atom stereocenters. The van der Waals surface area contributed by atoms with Crippen LogP contribution in [0.4, 0.5) is 10.5 Å². The lowest BCUT2D eigenvalue weighted by Crippen LogP contribution is -2.58. The second-order valence-corrected chi connectivity index (χ2v) is 14.1. The minimum atomic E-state index is -0.630. The number of rotatable bonds is 7. The molecular formula is C35H45ClN6O3. The summed E-state index contributed by atoms with van der Waals surface area (Å²) in [6.07, 6.45) is 10.5. The van der Waals surface area contributed by atoms with E-state index in [1.165, 1.54) is 32.4 Å². The number of nitrogens with zero attached hydrogens (tertiary/aromatic N) is 6. The molecule has 1 aromatic carbocycles. The number of hydrogen-bond acceptors (Lipinski definition) is 6. The summed E-state index contributed by atoms with van der Waals surface area (Å²) in [6, 6.07) is 9.29. The normalized spacial score (nSPS) is 23.2. The van der Waals surface area contributed by atoms with Gasteiger partial charge in [-0.1, -0.05) is 43.5 Å². The van der Waals surface area contributed by atoms with Crippen LogP contribution in [0.25, 0.3) is 22.3 Å². The van der Waals surface area contributed by atoms with Crippen LogP contribution >= 0.6 is 11.6 Å². The van der Waals surface area contributed by atoms with E-state index >= 15 is 0 Å². The van der Waals surface area contributed by atoms with Crippen molar-refractivity contribution >= 4 is 40.3 Å². The molecule has 3 aliphatic heterocycles. The van der Waals surface area contributed by atoms with Crippen molar-refractivity contribution in [2.75, 3.05) is 37.7 Å². The number of hydrogen-bond donors (Lipinski definition) is 0. The number of halogens is 1. The Kier molecular flexibility index (Phi) is 8.27. The molecule has 3 aromatic rings. The van der Waals surface area contributed by atoms with Gasteiger partial charge in [0.2, 0.25) is 5.91 Å². The van der Waals surface area contributed by atoms with Gasteiger partial charge in [0.15, 0.2) is 5.15 Å². The molecule has 45 heavy (non-hydrogen) atoms. The summed E-state index contributed by atoms with van der Waals surface area (Å²) >= 11 is 6.76. The first-order chi connectivity index (χ1) is 21.8. The van der Waals surface area contributed by atoms with Crippen LogP contribution in [-0.2, 0) is 14.9 Å². The van der Waals surface area contributed by atoms with Crippen molar-refractivity contribution in [2.45, 2.75) is 102 Å². The molecular weight excluding hydrogens is 588 g/mol. The number of ether oxygens (including phenoxy) is 1. The molecule has 1 aliphatic carbocycles. The van der Waals surface area contributed by atoms with Crippen LogP contribution in [0.2, 0.25) is 5.15 Å². The van der Waals surface area contributed by atoms with Gasteiger partial charge in [0.25, 0.3) is 0 Å². The van der Waals surface area contributed by atoms with Crippen LogP contribution in [0.5, 0.6) is 0 Å². The Labute approximate surface area is 270 Å². The Bertz CT molecular complexity index is 1580. The molecule has 3 fully saturated rings. The van der Waals surface area contributed by atoms with Crippen LogP contribution in [0.15, 0.2) is 30.6 Å². The number of fused-ring (bicyclic) bond motifs is 3. The molecule has 7 rings (SSSR count). The standard InChI is InChI=1S/C35H45ClN6O3/c1-4-5-17-45-34(44)40-15-11-35(12-16-40)27-10-9-24(28-21-29-31(32(36)38-28)41(22-37-29)23(2)3)18-30(27)42(33(35)43)26-19-25(20-26)39-13-7-6-8-14-39/h9-10,18,21-23,25-26H,4-8,11-17,19-20H2,1-3H3. The summed E-state index contributed by atoms with van der Waals surface area (Å²) in [5.41, 5.74) is 4.76. The highest BCUT2D eigenvalue weighted by atomic mass is 35.5. The lowest BCUT2D eigenvalue weighted by Gasteiger charge is -2.48. The molecule has 2 amide bonds. The number of carbonyl (C=O) groups excluding carboxylic acids is 2. The first-order valence-electron chi connectivity index (χ1n) is 17.0. The van der Waals surface area contributed by atoms with Crippen molar-refractivity contribution < 1.29 is 14.3 Å². The lowest BCUT2D eigenvalue weighted by atomic mass is 9.73. The molecule has 240 valence electrons. The molecule has 1 spiro atoms. The Balaban J connectivity index is 1.20. The fourth-order valence-corrected chi connectivity index (χ4v) is 8.25. The molecule has 0 N–H and O–H groups in total. The van der Waals surface area contributed by atoms with E-state index in [-0.39, 0.29) is 24.1 Å². The minimum Gasteiger partial charge on any atom is -0.449 e. The van der Waals surface area contributed by atoms with E-state index in [0.717, 1.165) is 59.2 Å². The Morgan fingerprint density at radius 2 is 1.82 bits per heavy atom. The maximum Gasteiger partial charge on any atom is 0.409 e. The van der Waals surface area contributed by atoms with Crippen LogP contribution < -0.4 is 4.90 Å². The van der Waals surface area contributed by atoms with Crippen LogP contribution in [0.3, 0.4) is 0 Å². The summed E-state index contributed by atoms with van der Waals surface area (Å²) in [4.78, 5) is 43.3. The summed E-state index contributed by atoms with van der Waals surface area (Å²) < 4.78 is 7.55. The largest absolute Gasteiger partial charge is 0.449 e. The number of pyridine rings is 1. The molecule has 5 heterocycles. The molecule has 9 nitrogen and oxygen atoms in total. The number of imidazole rings is 1. The van der Waals surface area contributed by atoms with E-state index in [4.69, 9.17) is 21.3 Å². The van der Waals surface area contributed by atoms with Crippen molar-refractivity contribution in [3.8, 4) is 11.3 Å². The van der Waals surface area contributed by atoms with E-state index in [2.05, 4.69) is 53.8 Å². The van der Waals surface area contributed by atoms with Crippen molar-refractivity contribution in [1.82, 2.24) is 24.3 Å². The van der Waals surface area contributed by atoms with Gasteiger partial charge in [-0.2, -0.15) is 0 Å². The third-order valence-electron chi connectivity index (χ3n) is 10.7. The second-order valence-electron chi connectivity index (χ2n) is 13.7. The zero-order chi connectivity index (χ0) is 31.3. The lowest BCUT2D eigenvalue weighted by molar-refractivity contribution is -0.126. The van der Waals surface area contributed by atoms with Gasteiger partial charge in [-0.3, -0.25) is 4.79 Å².